The standard InChI is InChI=1S/C6H14BN.W/c1-2-3-4-5-6-8-7;/h8H,2-6H2,1H3;. The zero-order valence-corrected chi connectivity index (χ0v) is 8.95. The van der Waals surface area contributed by atoms with Crippen LogP contribution < -0.4 is 5.23 Å². The van der Waals surface area contributed by atoms with Gasteiger partial charge in [0.2, 0.25) is 0 Å². The third-order valence-electron chi connectivity index (χ3n) is 1.17. The molecule has 0 heterocycles. The number of hydrogen-bond acceptors (Lipinski definition) is 1. The maximum Gasteiger partial charge on any atom is 0.177 e. The molecule has 0 aliphatic carbocycles. The first-order valence-electron chi connectivity index (χ1n) is 3.35. The summed E-state index contributed by atoms with van der Waals surface area (Å²) in [5, 5.41) is 2.63. The molecule has 0 saturated carbocycles. The molecule has 1 N–H and O–H groups in total. The number of hydrogen-bond donors (Lipinski definition) is 1. The van der Waals surface area contributed by atoms with Gasteiger partial charge in [-0.2, -0.15) is 0 Å². The molecule has 0 unspecified atom stereocenters. The Bertz CT molecular complexity index is 38.0. The summed E-state index contributed by atoms with van der Waals surface area (Å²) in [6.07, 6.45) is 5.15. The Kier molecular flexibility index (Phi) is 15.8. The van der Waals surface area contributed by atoms with Gasteiger partial charge in [0.05, 0.1) is 0 Å². The zero-order valence-electron chi connectivity index (χ0n) is 6.02. The third-order valence-corrected chi connectivity index (χ3v) is 1.17. The van der Waals surface area contributed by atoms with E-state index in [-0.39, 0.29) is 21.1 Å². The van der Waals surface area contributed by atoms with Crippen molar-refractivity contribution in [3.8, 4) is 0 Å². The van der Waals surface area contributed by atoms with Crippen LogP contribution in [0.15, 0.2) is 0 Å². The molecular weight excluding hydrogens is 281 g/mol. The fourth-order valence-corrected chi connectivity index (χ4v) is 0.654. The van der Waals surface area contributed by atoms with Crippen LogP contribution in [0.2, 0.25) is 0 Å². The summed E-state index contributed by atoms with van der Waals surface area (Å²) in [6.45, 7) is 3.16. The SMILES string of the molecule is [B]NCCCCCC.[W]. The van der Waals surface area contributed by atoms with Crippen molar-refractivity contribution in [1.82, 2.24) is 5.23 Å². The summed E-state index contributed by atoms with van der Waals surface area (Å²) >= 11 is 0. The summed E-state index contributed by atoms with van der Waals surface area (Å²) in [5.74, 6) is 0. The van der Waals surface area contributed by atoms with Gasteiger partial charge in [-0.1, -0.05) is 26.2 Å². The molecule has 52 valence electrons. The minimum atomic E-state index is 0. The first-order chi connectivity index (χ1) is 3.91. The van der Waals surface area contributed by atoms with Gasteiger partial charge in [-0.25, -0.2) is 0 Å². The predicted octanol–water partition coefficient (Wildman–Crippen LogP) is 1.24. The normalized spacial score (nSPS) is 8.56. The average Bonchev–Trinajstić information content (AvgIpc) is 1.81. The molecule has 2 radical (unpaired) electrons. The fraction of sp³-hybridized carbons (Fsp3) is 1.00. The van der Waals surface area contributed by atoms with Gasteiger partial charge in [0.25, 0.3) is 0 Å². The summed E-state index contributed by atoms with van der Waals surface area (Å²) in [4.78, 5) is 0. The summed E-state index contributed by atoms with van der Waals surface area (Å²) in [5.41, 5.74) is 0. The zero-order chi connectivity index (χ0) is 6.24. The quantitative estimate of drug-likeness (QED) is 0.594. The Morgan fingerprint density at radius 2 is 1.89 bits per heavy atom. The van der Waals surface area contributed by atoms with Crippen molar-refractivity contribution in [3.05, 3.63) is 0 Å². The first kappa shape index (κ1) is 12.4. The van der Waals surface area contributed by atoms with Gasteiger partial charge in [-0.3, -0.25) is 0 Å². The molecule has 3 heteroatoms. The average molecular weight is 295 g/mol. The summed E-state index contributed by atoms with van der Waals surface area (Å²) in [7, 11) is 5.06. The first-order valence-corrected chi connectivity index (χ1v) is 3.35. The molecular formula is C6H14BNW. The van der Waals surface area contributed by atoms with E-state index >= 15 is 0 Å². The number of rotatable bonds is 5. The van der Waals surface area contributed by atoms with E-state index in [1.54, 1.807) is 0 Å². The van der Waals surface area contributed by atoms with Crippen LogP contribution in [0.25, 0.3) is 0 Å². The molecule has 9 heavy (non-hydrogen) atoms. The molecule has 0 aliphatic heterocycles. The molecule has 0 bridgehead atoms. The molecule has 1 nitrogen and oxygen atoms in total. The van der Waals surface area contributed by atoms with E-state index in [1.165, 1.54) is 25.7 Å². The van der Waals surface area contributed by atoms with Gasteiger partial charge < -0.3 is 5.23 Å². The smallest absolute Gasteiger partial charge is 0.177 e. The van der Waals surface area contributed by atoms with E-state index in [1.807, 2.05) is 0 Å². The monoisotopic (exact) mass is 295 g/mol. The Morgan fingerprint density at radius 1 is 1.22 bits per heavy atom. The van der Waals surface area contributed by atoms with Crippen molar-refractivity contribution in [3.63, 3.8) is 0 Å². The molecule has 0 aliphatic rings. The molecule has 0 spiro atoms. The topological polar surface area (TPSA) is 12.0 Å². The number of nitrogens with one attached hydrogen (secondary N) is 1. The van der Waals surface area contributed by atoms with E-state index in [9.17, 15) is 0 Å². The third kappa shape index (κ3) is 12.0. The van der Waals surface area contributed by atoms with Crippen LogP contribution in [0.4, 0.5) is 0 Å². The van der Waals surface area contributed by atoms with Crippen LogP contribution in [0.1, 0.15) is 32.6 Å². The van der Waals surface area contributed by atoms with E-state index < -0.39 is 0 Å². The maximum absolute atomic E-state index is 5.06. The Morgan fingerprint density at radius 3 is 2.33 bits per heavy atom. The van der Waals surface area contributed by atoms with Crippen LogP contribution in [-0.2, 0) is 21.1 Å². The van der Waals surface area contributed by atoms with Crippen LogP contribution in [0.5, 0.6) is 0 Å². The molecule has 0 aromatic heterocycles. The van der Waals surface area contributed by atoms with Crippen molar-refractivity contribution in [1.29, 1.82) is 0 Å². The van der Waals surface area contributed by atoms with Crippen molar-refractivity contribution in [2.45, 2.75) is 32.6 Å². The number of unbranched alkanes of at least 4 members (excludes halogenated alkanes) is 3. The van der Waals surface area contributed by atoms with Crippen LogP contribution in [0.3, 0.4) is 0 Å². The molecule has 0 atom stereocenters. The maximum atomic E-state index is 5.06. The molecule has 0 fully saturated rings. The van der Waals surface area contributed by atoms with Crippen molar-refractivity contribution in [2.24, 2.45) is 0 Å². The van der Waals surface area contributed by atoms with E-state index in [2.05, 4.69) is 12.2 Å². The van der Waals surface area contributed by atoms with Gasteiger partial charge in [-0.15, -0.1) is 0 Å². The summed E-state index contributed by atoms with van der Waals surface area (Å²) in [6, 6.07) is 0. The molecule has 0 amide bonds. The minimum absolute atomic E-state index is 0. The predicted molar refractivity (Wildman–Crippen MR) is 37.9 cm³/mol. The van der Waals surface area contributed by atoms with Gasteiger partial charge in [0.15, 0.2) is 7.98 Å². The second-order valence-electron chi connectivity index (χ2n) is 2.01. The van der Waals surface area contributed by atoms with Crippen LogP contribution >= 0.6 is 0 Å². The minimum Gasteiger partial charge on any atom is -0.366 e. The van der Waals surface area contributed by atoms with Gasteiger partial charge in [0, 0.05) is 21.1 Å². The van der Waals surface area contributed by atoms with E-state index in [0.717, 1.165) is 6.54 Å². The molecule has 0 rings (SSSR count). The Hall–Kier alpha value is 0.713. The second-order valence-corrected chi connectivity index (χ2v) is 2.01. The summed E-state index contributed by atoms with van der Waals surface area (Å²) < 4.78 is 0. The largest absolute Gasteiger partial charge is 0.366 e. The Labute approximate surface area is 73.7 Å². The van der Waals surface area contributed by atoms with Crippen molar-refractivity contribution in [2.75, 3.05) is 6.54 Å². The molecule has 0 saturated heterocycles. The fourth-order valence-electron chi connectivity index (χ4n) is 0.654. The Balaban J connectivity index is 0. The second kappa shape index (κ2) is 11.5. The van der Waals surface area contributed by atoms with Crippen molar-refractivity contribution >= 4 is 7.98 Å². The van der Waals surface area contributed by atoms with E-state index in [4.69, 9.17) is 7.98 Å². The van der Waals surface area contributed by atoms with Gasteiger partial charge >= 0.3 is 0 Å². The van der Waals surface area contributed by atoms with Gasteiger partial charge in [0.1, 0.15) is 0 Å². The van der Waals surface area contributed by atoms with Crippen LogP contribution in [0, 0.1) is 0 Å². The van der Waals surface area contributed by atoms with Gasteiger partial charge in [-0.05, 0) is 13.0 Å². The molecule has 0 aromatic carbocycles. The molecule has 0 aromatic rings. The van der Waals surface area contributed by atoms with E-state index in [0.29, 0.717) is 0 Å². The van der Waals surface area contributed by atoms with Crippen LogP contribution in [-0.4, -0.2) is 14.5 Å². The van der Waals surface area contributed by atoms with Crippen molar-refractivity contribution < 1.29 is 21.1 Å².